The highest BCUT2D eigenvalue weighted by Gasteiger charge is 2.25. The van der Waals surface area contributed by atoms with E-state index < -0.39 is 12.0 Å². The number of aryl methyl sites for hydroxylation is 1. The quantitative estimate of drug-likeness (QED) is 0.545. The first-order valence-electron chi connectivity index (χ1n) is 7.84. The summed E-state index contributed by atoms with van der Waals surface area (Å²) < 4.78 is 6.13. The van der Waals surface area contributed by atoms with Gasteiger partial charge in [0.15, 0.2) is 5.16 Å². The fourth-order valence-electron chi connectivity index (χ4n) is 2.29. The zero-order valence-corrected chi connectivity index (χ0v) is 16.2. The van der Waals surface area contributed by atoms with Crippen LogP contribution in [0.1, 0.15) is 24.9 Å². The summed E-state index contributed by atoms with van der Waals surface area (Å²) in [5.41, 5.74) is 7.41. The molecule has 0 spiro atoms. The summed E-state index contributed by atoms with van der Waals surface area (Å²) >= 11 is 7.11. The van der Waals surface area contributed by atoms with Gasteiger partial charge in [-0.25, -0.2) is 0 Å². The Morgan fingerprint density at radius 1 is 1.42 bits per heavy atom. The Morgan fingerprint density at radius 3 is 2.81 bits per heavy atom. The summed E-state index contributed by atoms with van der Waals surface area (Å²) in [4.78, 5) is 24.2. The molecule has 0 aliphatic heterocycles. The molecule has 2 aromatic rings. The van der Waals surface area contributed by atoms with Gasteiger partial charge in [0.25, 0.3) is 0 Å². The number of nitrogens with two attached hydrogens (primary N) is 1. The molecule has 0 bridgehead atoms. The summed E-state index contributed by atoms with van der Waals surface area (Å²) in [6, 6.07) is 4.63. The first-order chi connectivity index (χ1) is 12.4. The molecular formula is C16H20ClN5O3S. The minimum atomic E-state index is -0.636. The number of rotatable bonds is 7. The van der Waals surface area contributed by atoms with Crippen LogP contribution in [-0.2, 0) is 14.3 Å². The number of nitrogen functional groups attached to an aromatic ring is 1. The minimum Gasteiger partial charge on any atom is -0.468 e. The van der Waals surface area contributed by atoms with Crippen LogP contribution in [0.15, 0.2) is 23.4 Å². The van der Waals surface area contributed by atoms with Gasteiger partial charge in [0, 0.05) is 10.7 Å². The van der Waals surface area contributed by atoms with E-state index in [0.717, 1.165) is 17.3 Å². The van der Waals surface area contributed by atoms with Crippen molar-refractivity contribution in [1.82, 2.24) is 14.8 Å². The molecule has 1 aromatic heterocycles. The van der Waals surface area contributed by atoms with Crippen LogP contribution in [0.3, 0.4) is 0 Å². The lowest BCUT2D eigenvalue weighted by atomic mass is 10.1. The van der Waals surface area contributed by atoms with Crippen molar-refractivity contribution in [3.63, 3.8) is 0 Å². The van der Waals surface area contributed by atoms with Gasteiger partial charge in [0.05, 0.1) is 12.9 Å². The van der Waals surface area contributed by atoms with Gasteiger partial charge < -0.3 is 15.8 Å². The number of anilines is 2. The first-order valence-corrected chi connectivity index (χ1v) is 9.20. The van der Waals surface area contributed by atoms with Crippen LogP contribution in [0, 0.1) is 6.92 Å². The van der Waals surface area contributed by atoms with Crippen molar-refractivity contribution in [3.05, 3.63) is 28.8 Å². The van der Waals surface area contributed by atoms with Crippen LogP contribution < -0.4 is 11.1 Å². The lowest BCUT2D eigenvalue weighted by Gasteiger charge is -2.19. The van der Waals surface area contributed by atoms with E-state index in [9.17, 15) is 9.59 Å². The van der Waals surface area contributed by atoms with Crippen LogP contribution >= 0.6 is 23.4 Å². The fourth-order valence-corrected chi connectivity index (χ4v) is 3.29. The van der Waals surface area contributed by atoms with E-state index in [1.54, 1.807) is 12.1 Å². The monoisotopic (exact) mass is 397 g/mol. The Bertz CT molecular complexity index is 811. The highest BCUT2D eigenvalue weighted by atomic mass is 35.5. The maximum absolute atomic E-state index is 12.8. The van der Waals surface area contributed by atoms with Crippen LogP contribution in [0.4, 0.5) is 11.6 Å². The maximum Gasteiger partial charge on any atom is 0.316 e. The molecule has 140 valence electrons. The standard InChI is InChI=1S/C16H20ClN5O3S/c1-4-12(14(24)19-11-7-10(17)6-5-9(11)2)22-15(18)20-21-16(22)26-8-13(23)25-3/h5-7,12H,4,8H2,1-3H3,(H2,18,20)(H,19,24). The van der Waals surface area contributed by atoms with Gasteiger partial charge >= 0.3 is 5.97 Å². The van der Waals surface area contributed by atoms with Crippen molar-refractivity contribution in [2.75, 3.05) is 23.9 Å². The van der Waals surface area contributed by atoms with Gasteiger partial charge in [-0.1, -0.05) is 36.4 Å². The molecule has 0 aliphatic rings. The number of aromatic nitrogens is 3. The number of nitrogens with one attached hydrogen (secondary N) is 1. The van der Waals surface area contributed by atoms with E-state index in [2.05, 4.69) is 20.3 Å². The number of halogens is 1. The number of carbonyl (C=O) groups is 2. The number of ether oxygens (including phenoxy) is 1. The van der Waals surface area contributed by atoms with Crippen molar-refractivity contribution in [2.24, 2.45) is 0 Å². The smallest absolute Gasteiger partial charge is 0.316 e. The van der Waals surface area contributed by atoms with Crippen molar-refractivity contribution in [3.8, 4) is 0 Å². The Labute approximate surface area is 160 Å². The average Bonchev–Trinajstić information content (AvgIpc) is 2.97. The van der Waals surface area contributed by atoms with E-state index in [1.807, 2.05) is 19.9 Å². The Kier molecular flexibility index (Phi) is 6.87. The second kappa shape index (κ2) is 8.91. The lowest BCUT2D eigenvalue weighted by Crippen LogP contribution is -2.27. The van der Waals surface area contributed by atoms with Gasteiger partial charge in [-0.3, -0.25) is 14.2 Å². The van der Waals surface area contributed by atoms with Crippen LogP contribution in [0.2, 0.25) is 5.02 Å². The first kappa shape index (κ1) is 20.1. The maximum atomic E-state index is 12.8. The molecule has 1 atom stereocenters. The highest BCUT2D eigenvalue weighted by Crippen LogP contribution is 2.27. The molecule has 0 saturated carbocycles. The van der Waals surface area contributed by atoms with Crippen molar-refractivity contribution < 1.29 is 14.3 Å². The minimum absolute atomic E-state index is 0.0418. The third kappa shape index (κ3) is 4.67. The molecule has 0 aliphatic carbocycles. The molecule has 2 rings (SSSR count). The third-order valence-corrected chi connectivity index (χ3v) is 4.85. The SMILES string of the molecule is CCC(C(=O)Nc1cc(Cl)ccc1C)n1c(N)nnc1SCC(=O)OC. The fraction of sp³-hybridized carbons (Fsp3) is 0.375. The molecule has 3 N–H and O–H groups in total. The molecule has 10 heteroatoms. The Morgan fingerprint density at radius 2 is 2.15 bits per heavy atom. The molecule has 1 aromatic carbocycles. The lowest BCUT2D eigenvalue weighted by molar-refractivity contribution is -0.137. The topological polar surface area (TPSA) is 112 Å². The van der Waals surface area contributed by atoms with Crippen molar-refractivity contribution in [2.45, 2.75) is 31.5 Å². The number of thioether (sulfide) groups is 1. The predicted molar refractivity (Wildman–Crippen MR) is 101 cm³/mol. The molecular weight excluding hydrogens is 378 g/mol. The summed E-state index contributed by atoms with van der Waals surface area (Å²) in [5, 5.41) is 11.5. The second-order valence-corrected chi connectivity index (χ2v) is 6.83. The van der Waals surface area contributed by atoms with Crippen molar-refractivity contribution >= 4 is 46.9 Å². The molecule has 0 radical (unpaired) electrons. The number of hydrogen-bond donors (Lipinski definition) is 2. The molecule has 0 saturated heterocycles. The molecule has 26 heavy (non-hydrogen) atoms. The van der Waals surface area contributed by atoms with E-state index in [-0.39, 0.29) is 17.6 Å². The number of methoxy groups -OCH3 is 1. The summed E-state index contributed by atoms with van der Waals surface area (Å²) in [7, 11) is 1.30. The summed E-state index contributed by atoms with van der Waals surface area (Å²) in [6.07, 6.45) is 0.458. The van der Waals surface area contributed by atoms with Gasteiger partial charge in [0.1, 0.15) is 6.04 Å². The zero-order valence-electron chi connectivity index (χ0n) is 14.7. The number of nitrogens with zero attached hydrogens (tertiary/aromatic N) is 3. The average molecular weight is 398 g/mol. The van der Waals surface area contributed by atoms with Crippen LogP contribution in [-0.4, -0.2) is 39.5 Å². The van der Waals surface area contributed by atoms with Gasteiger partial charge in [-0.05, 0) is 31.0 Å². The summed E-state index contributed by atoms with van der Waals surface area (Å²) in [5.74, 6) is -0.540. The molecule has 0 fully saturated rings. The number of esters is 1. The third-order valence-electron chi connectivity index (χ3n) is 3.70. The van der Waals surface area contributed by atoms with E-state index in [4.69, 9.17) is 17.3 Å². The molecule has 1 amide bonds. The zero-order chi connectivity index (χ0) is 19.3. The normalized spacial score (nSPS) is 11.8. The molecule has 1 unspecified atom stereocenters. The number of carbonyl (C=O) groups excluding carboxylic acids is 2. The molecule has 1 heterocycles. The number of hydrogen-bond acceptors (Lipinski definition) is 7. The van der Waals surface area contributed by atoms with Gasteiger partial charge in [0.2, 0.25) is 11.9 Å². The summed E-state index contributed by atoms with van der Waals surface area (Å²) in [6.45, 7) is 3.72. The van der Waals surface area contributed by atoms with Gasteiger partial charge in [-0.15, -0.1) is 10.2 Å². The Balaban J connectivity index is 2.24. The molecule has 8 nitrogen and oxygen atoms in total. The van der Waals surface area contributed by atoms with Crippen LogP contribution in [0.5, 0.6) is 0 Å². The predicted octanol–water partition coefficient (Wildman–Crippen LogP) is 2.68. The van der Waals surface area contributed by atoms with Gasteiger partial charge in [-0.2, -0.15) is 0 Å². The van der Waals surface area contributed by atoms with E-state index >= 15 is 0 Å². The number of benzene rings is 1. The largest absolute Gasteiger partial charge is 0.468 e. The van der Waals surface area contributed by atoms with Crippen LogP contribution in [0.25, 0.3) is 0 Å². The van der Waals surface area contributed by atoms with Crippen molar-refractivity contribution in [1.29, 1.82) is 0 Å². The van der Waals surface area contributed by atoms with E-state index in [0.29, 0.717) is 22.3 Å². The number of amides is 1. The Hall–Kier alpha value is -2.26. The van der Waals surface area contributed by atoms with E-state index in [1.165, 1.54) is 11.7 Å². The second-order valence-electron chi connectivity index (χ2n) is 5.45. The highest BCUT2D eigenvalue weighted by molar-refractivity contribution is 7.99.